The van der Waals surface area contributed by atoms with Crippen LogP contribution in [0, 0.1) is 12.8 Å². The lowest BCUT2D eigenvalue weighted by Gasteiger charge is -2.13. The molecule has 0 radical (unpaired) electrons. The Balaban J connectivity index is 1.88. The van der Waals surface area contributed by atoms with Gasteiger partial charge in [0.25, 0.3) is 10.1 Å². The van der Waals surface area contributed by atoms with Crippen LogP contribution >= 0.6 is 0 Å². The van der Waals surface area contributed by atoms with Gasteiger partial charge < -0.3 is 5.11 Å². The molecule has 21 heavy (non-hydrogen) atoms. The lowest BCUT2D eigenvalue weighted by Crippen LogP contribution is -2.28. The fourth-order valence-electron chi connectivity index (χ4n) is 2.34. The summed E-state index contributed by atoms with van der Waals surface area (Å²) in [5.41, 5.74) is 0.981. The monoisotopic (exact) mass is 313 g/mol. The summed E-state index contributed by atoms with van der Waals surface area (Å²) in [5.74, 6) is -0.826. The summed E-state index contributed by atoms with van der Waals surface area (Å²) in [5, 5.41) is 8.72. The lowest BCUT2D eigenvalue weighted by molar-refractivity contribution is -0.138. The molecular formula is C14H19NO5S. The number of likely N-dealkylation sites (tertiary alicyclic amines) is 1. The minimum atomic E-state index is -3.74. The van der Waals surface area contributed by atoms with Crippen LogP contribution in [0.15, 0.2) is 29.2 Å². The van der Waals surface area contributed by atoms with Gasteiger partial charge in [0.15, 0.2) is 0 Å². The van der Waals surface area contributed by atoms with Crippen molar-refractivity contribution < 1.29 is 22.5 Å². The van der Waals surface area contributed by atoms with E-state index >= 15 is 0 Å². The summed E-state index contributed by atoms with van der Waals surface area (Å²) in [6.07, 6.45) is 0.747. The maximum atomic E-state index is 12.0. The Labute approximate surface area is 124 Å². The van der Waals surface area contributed by atoms with E-state index in [-0.39, 0.29) is 24.0 Å². The molecule has 0 amide bonds. The topological polar surface area (TPSA) is 83.9 Å². The Morgan fingerprint density at radius 2 is 2.05 bits per heavy atom. The quantitative estimate of drug-likeness (QED) is 0.792. The van der Waals surface area contributed by atoms with Gasteiger partial charge in [-0.05, 0) is 37.9 Å². The normalized spacial score (nSPS) is 19.8. The Morgan fingerprint density at radius 3 is 2.67 bits per heavy atom. The Hall–Kier alpha value is -1.44. The predicted octanol–water partition coefficient (Wildman–Crippen LogP) is 1.11. The second kappa shape index (κ2) is 6.55. The molecule has 0 aliphatic carbocycles. The SMILES string of the molecule is Cc1ccc(S(=O)(=O)OC[C@@H]2CCN(CC(=O)O)C2)cc1. The summed E-state index contributed by atoms with van der Waals surface area (Å²) < 4.78 is 29.1. The fourth-order valence-corrected chi connectivity index (χ4v) is 3.32. The molecule has 1 saturated heterocycles. The van der Waals surface area contributed by atoms with Crippen molar-refractivity contribution in [2.45, 2.75) is 18.2 Å². The van der Waals surface area contributed by atoms with E-state index in [0.29, 0.717) is 13.1 Å². The highest BCUT2D eigenvalue weighted by Crippen LogP contribution is 2.19. The minimum absolute atomic E-state index is 0.0127. The van der Waals surface area contributed by atoms with Crippen molar-refractivity contribution in [2.75, 3.05) is 26.2 Å². The van der Waals surface area contributed by atoms with Gasteiger partial charge >= 0.3 is 5.97 Å². The molecular weight excluding hydrogens is 294 g/mol. The predicted molar refractivity (Wildman–Crippen MR) is 76.5 cm³/mol. The van der Waals surface area contributed by atoms with E-state index in [4.69, 9.17) is 9.29 Å². The van der Waals surface area contributed by atoms with Crippen molar-refractivity contribution in [1.29, 1.82) is 0 Å². The van der Waals surface area contributed by atoms with Gasteiger partial charge in [0.1, 0.15) is 0 Å². The summed E-state index contributed by atoms with van der Waals surface area (Å²) >= 11 is 0. The molecule has 6 nitrogen and oxygen atoms in total. The van der Waals surface area contributed by atoms with Crippen molar-refractivity contribution in [3.8, 4) is 0 Å². The number of hydrogen-bond acceptors (Lipinski definition) is 5. The van der Waals surface area contributed by atoms with Crippen LogP contribution < -0.4 is 0 Å². The number of aliphatic carboxylic acids is 1. The molecule has 0 aromatic heterocycles. The fraction of sp³-hybridized carbons (Fsp3) is 0.500. The first kappa shape index (κ1) is 15.9. The molecule has 0 bridgehead atoms. The summed E-state index contributed by atoms with van der Waals surface area (Å²) in [4.78, 5) is 12.6. The van der Waals surface area contributed by atoms with E-state index in [0.717, 1.165) is 12.0 Å². The molecule has 1 aliphatic heterocycles. The number of carbonyl (C=O) groups is 1. The first-order valence-electron chi connectivity index (χ1n) is 6.77. The number of benzene rings is 1. The molecule has 1 N–H and O–H groups in total. The molecule has 1 aromatic carbocycles. The molecule has 0 unspecified atom stereocenters. The third-order valence-electron chi connectivity index (χ3n) is 3.50. The van der Waals surface area contributed by atoms with Crippen molar-refractivity contribution in [2.24, 2.45) is 5.92 Å². The maximum Gasteiger partial charge on any atom is 0.317 e. The lowest BCUT2D eigenvalue weighted by atomic mass is 10.1. The van der Waals surface area contributed by atoms with Gasteiger partial charge in [0.05, 0.1) is 18.0 Å². The van der Waals surface area contributed by atoms with E-state index in [1.54, 1.807) is 17.0 Å². The molecule has 1 aromatic rings. The number of rotatable bonds is 6. The molecule has 2 rings (SSSR count). The van der Waals surface area contributed by atoms with Crippen LogP contribution in [0.2, 0.25) is 0 Å². The molecule has 0 spiro atoms. The number of carboxylic acids is 1. The van der Waals surface area contributed by atoms with Crippen molar-refractivity contribution >= 4 is 16.1 Å². The van der Waals surface area contributed by atoms with Crippen molar-refractivity contribution in [3.05, 3.63) is 29.8 Å². The van der Waals surface area contributed by atoms with Gasteiger partial charge in [0, 0.05) is 6.54 Å². The van der Waals surface area contributed by atoms with E-state index in [1.165, 1.54) is 12.1 Å². The number of nitrogens with zero attached hydrogens (tertiary/aromatic N) is 1. The van der Waals surface area contributed by atoms with Gasteiger partial charge in [0.2, 0.25) is 0 Å². The zero-order valence-electron chi connectivity index (χ0n) is 11.9. The number of carboxylic acid groups (broad SMARTS) is 1. The van der Waals surface area contributed by atoms with Crippen molar-refractivity contribution in [1.82, 2.24) is 4.90 Å². The average molecular weight is 313 g/mol. The molecule has 0 saturated carbocycles. The zero-order valence-corrected chi connectivity index (χ0v) is 12.7. The smallest absolute Gasteiger partial charge is 0.317 e. The van der Waals surface area contributed by atoms with Crippen LogP contribution in [0.5, 0.6) is 0 Å². The van der Waals surface area contributed by atoms with E-state index in [1.807, 2.05) is 6.92 Å². The number of hydrogen-bond donors (Lipinski definition) is 1. The second-order valence-corrected chi connectivity index (χ2v) is 6.95. The molecule has 116 valence electrons. The minimum Gasteiger partial charge on any atom is -0.480 e. The molecule has 1 aliphatic rings. The first-order chi connectivity index (χ1) is 9.87. The number of aryl methyl sites for hydroxylation is 1. The van der Waals surface area contributed by atoms with E-state index in [2.05, 4.69) is 0 Å². The van der Waals surface area contributed by atoms with Crippen LogP contribution in [-0.4, -0.2) is 50.6 Å². The van der Waals surface area contributed by atoms with Crippen LogP contribution in [0.25, 0.3) is 0 Å². The summed E-state index contributed by atoms with van der Waals surface area (Å²) in [7, 11) is -3.74. The van der Waals surface area contributed by atoms with Gasteiger partial charge in [-0.2, -0.15) is 8.42 Å². The average Bonchev–Trinajstić information content (AvgIpc) is 2.84. The van der Waals surface area contributed by atoms with Crippen LogP contribution in [0.4, 0.5) is 0 Å². The third kappa shape index (κ3) is 4.52. The Kier molecular flexibility index (Phi) is 4.97. The maximum absolute atomic E-state index is 12.0. The Bertz CT molecular complexity index is 596. The summed E-state index contributed by atoms with van der Waals surface area (Å²) in [6, 6.07) is 6.49. The van der Waals surface area contributed by atoms with Gasteiger partial charge in [-0.3, -0.25) is 13.9 Å². The van der Waals surface area contributed by atoms with E-state index < -0.39 is 16.1 Å². The Morgan fingerprint density at radius 1 is 1.38 bits per heavy atom. The van der Waals surface area contributed by atoms with Gasteiger partial charge in [-0.25, -0.2) is 0 Å². The summed E-state index contributed by atoms with van der Waals surface area (Å²) in [6.45, 7) is 3.17. The van der Waals surface area contributed by atoms with Crippen molar-refractivity contribution in [3.63, 3.8) is 0 Å². The highest BCUT2D eigenvalue weighted by Gasteiger charge is 2.26. The largest absolute Gasteiger partial charge is 0.480 e. The molecule has 1 atom stereocenters. The molecule has 7 heteroatoms. The molecule has 1 fully saturated rings. The molecule has 1 heterocycles. The highest BCUT2D eigenvalue weighted by atomic mass is 32.2. The zero-order chi connectivity index (χ0) is 15.5. The van der Waals surface area contributed by atoms with Crippen LogP contribution in [0.1, 0.15) is 12.0 Å². The third-order valence-corrected chi connectivity index (χ3v) is 4.79. The van der Waals surface area contributed by atoms with Crippen LogP contribution in [0.3, 0.4) is 0 Å². The first-order valence-corrected chi connectivity index (χ1v) is 8.18. The second-order valence-electron chi connectivity index (χ2n) is 5.34. The highest BCUT2D eigenvalue weighted by molar-refractivity contribution is 7.86. The van der Waals surface area contributed by atoms with Gasteiger partial charge in [-0.1, -0.05) is 17.7 Å². The standard InChI is InChI=1S/C14H19NO5S/c1-11-2-4-13(5-3-11)21(18,19)20-10-12-6-7-15(8-12)9-14(16)17/h2-5,12H,6-10H2,1H3,(H,16,17)/t12-/m1/s1. The van der Waals surface area contributed by atoms with Gasteiger partial charge in [-0.15, -0.1) is 0 Å². The van der Waals surface area contributed by atoms with E-state index in [9.17, 15) is 13.2 Å². The van der Waals surface area contributed by atoms with Crippen LogP contribution in [-0.2, 0) is 19.1 Å².